The molecule has 0 saturated heterocycles. The highest BCUT2D eigenvalue weighted by atomic mass is 32.1. The topological polar surface area (TPSA) is 31.2 Å². The van der Waals surface area contributed by atoms with Crippen molar-refractivity contribution in [3.63, 3.8) is 0 Å². The summed E-state index contributed by atoms with van der Waals surface area (Å²) in [4.78, 5) is 12.8. The van der Waals surface area contributed by atoms with Crippen LogP contribution in [0.25, 0.3) is 11.3 Å². The summed E-state index contributed by atoms with van der Waals surface area (Å²) in [7, 11) is 0. The van der Waals surface area contributed by atoms with Crippen molar-refractivity contribution in [1.29, 1.82) is 0 Å². The van der Waals surface area contributed by atoms with E-state index in [9.17, 15) is 4.79 Å². The van der Waals surface area contributed by atoms with E-state index in [1.165, 1.54) is 11.3 Å². The molecule has 0 unspecified atom stereocenters. The van der Waals surface area contributed by atoms with Crippen LogP contribution < -0.4 is 0 Å². The summed E-state index contributed by atoms with van der Waals surface area (Å²) in [5, 5.41) is 0. The summed E-state index contributed by atoms with van der Waals surface area (Å²) in [5.74, 6) is -0.256. The Morgan fingerprint density at radius 3 is 2.68 bits per heavy atom. The molecule has 0 spiro atoms. The second kappa shape index (κ2) is 6.12. The Kier molecular flexibility index (Phi) is 4.50. The summed E-state index contributed by atoms with van der Waals surface area (Å²) in [6, 6.07) is 9.96. The standard InChI is InChI=1S/C14H15NO2S2/c1-3-17-12(16)9-15-13(10(2)19-14(15)18)11-7-5-4-6-8-11/h4-8H,3,9H2,1-2H3. The van der Waals surface area contributed by atoms with E-state index in [0.29, 0.717) is 10.6 Å². The Morgan fingerprint density at radius 2 is 2.05 bits per heavy atom. The van der Waals surface area contributed by atoms with Crippen LogP contribution in [0.3, 0.4) is 0 Å². The highest BCUT2D eigenvalue weighted by Gasteiger charge is 2.14. The highest BCUT2D eigenvalue weighted by Crippen LogP contribution is 2.29. The number of hydrogen-bond acceptors (Lipinski definition) is 4. The van der Waals surface area contributed by atoms with Crippen LogP contribution in [-0.2, 0) is 16.1 Å². The fourth-order valence-corrected chi connectivity index (χ4v) is 3.33. The van der Waals surface area contributed by atoms with Gasteiger partial charge in [-0.3, -0.25) is 4.79 Å². The molecule has 1 aromatic heterocycles. The number of aromatic nitrogens is 1. The Labute approximate surface area is 121 Å². The van der Waals surface area contributed by atoms with E-state index in [4.69, 9.17) is 17.0 Å². The first-order valence-corrected chi connectivity index (χ1v) is 7.27. The van der Waals surface area contributed by atoms with E-state index in [2.05, 4.69) is 0 Å². The molecule has 0 saturated carbocycles. The maximum atomic E-state index is 11.7. The Balaban J connectivity index is 2.44. The van der Waals surface area contributed by atoms with Crippen LogP contribution >= 0.6 is 23.6 Å². The number of thiazole rings is 1. The Morgan fingerprint density at radius 1 is 1.37 bits per heavy atom. The van der Waals surface area contributed by atoms with Crippen molar-refractivity contribution in [3.8, 4) is 11.3 Å². The van der Waals surface area contributed by atoms with Gasteiger partial charge in [0.25, 0.3) is 0 Å². The largest absolute Gasteiger partial charge is 0.465 e. The number of aryl methyl sites for hydroxylation is 1. The van der Waals surface area contributed by atoms with E-state index in [-0.39, 0.29) is 12.5 Å². The van der Waals surface area contributed by atoms with Gasteiger partial charge >= 0.3 is 5.97 Å². The molecule has 100 valence electrons. The summed E-state index contributed by atoms with van der Waals surface area (Å²) >= 11 is 6.86. The normalized spacial score (nSPS) is 10.4. The lowest BCUT2D eigenvalue weighted by atomic mass is 10.1. The average Bonchev–Trinajstić information content (AvgIpc) is 2.65. The number of carbonyl (C=O) groups is 1. The van der Waals surface area contributed by atoms with Gasteiger partial charge in [-0.05, 0) is 31.6 Å². The monoisotopic (exact) mass is 293 g/mol. The van der Waals surface area contributed by atoms with Gasteiger partial charge in [0.2, 0.25) is 0 Å². The molecule has 0 bridgehead atoms. The molecule has 1 aromatic carbocycles. The maximum Gasteiger partial charge on any atom is 0.326 e. The molecule has 0 N–H and O–H groups in total. The molecule has 1 heterocycles. The fourth-order valence-electron chi connectivity index (χ4n) is 1.95. The summed E-state index contributed by atoms with van der Waals surface area (Å²) < 4.78 is 7.55. The molecule has 3 nitrogen and oxygen atoms in total. The van der Waals surface area contributed by atoms with E-state index in [1.54, 1.807) is 6.92 Å². The summed E-state index contributed by atoms with van der Waals surface area (Å²) in [5.41, 5.74) is 2.07. The summed E-state index contributed by atoms with van der Waals surface area (Å²) in [6.45, 7) is 4.37. The number of carbonyl (C=O) groups excluding carboxylic acids is 1. The van der Waals surface area contributed by atoms with Crippen molar-refractivity contribution in [3.05, 3.63) is 39.2 Å². The molecule has 2 rings (SSSR count). The van der Waals surface area contributed by atoms with E-state index in [0.717, 1.165) is 16.1 Å². The number of benzene rings is 1. The van der Waals surface area contributed by atoms with Crippen molar-refractivity contribution in [1.82, 2.24) is 4.57 Å². The fraction of sp³-hybridized carbons (Fsp3) is 0.286. The molecule has 0 aliphatic carbocycles. The van der Waals surface area contributed by atoms with Crippen molar-refractivity contribution in [2.24, 2.45) is 0 Å². The van der Waals surface area contributed by atoms with Crippen molar-refractivity contribution in [2.45, 2.75) is 20.4 Å². The van der Waals surface area contributed by atoms with Gasteiger partial charge in [0.05, 0.1) is 12.3 Å². The Hall–Kier alpha value is -1.46. The summed E-state index contributed by atoms with van der Waals surface area (Å²) in [6.07, 6.45) is 0. The van der Waals surface area contributed by atoms with Crippen LogP contribution in [0, 0.1) is 10.9 Å². The van der Waals surface area contributed by atoms with Crippen LogP contribution in [0.15, 0.2) is 30.3 Å². The smallest absolute Gasteiger partial charge is 0.326 e. The molecule has 0 radical (unpaired) electrons. The van der Waals surface area contributed by atoms with Gasteiger partial charge in [-0.2, -0.15) is 0 Å². The maximum absolute atomic E-state index is 11.7. The number of rotatable bonds is 4. The first-order chi connectivity index (χ1) is 9.13. The second-order valence-corrected chi connectivity index (χ2v) is 5.88. The van der Waals surface area contributed by atoms with Crippen molar-refractivity contribution >= 4 is 29.5 Å². The van der Waals surface area contributed by atoms with Crippen LogP contribution in [0.4, 0.5) is 0 Å². The number of hydrogen-bond donors (Lipinski definition) is 0. The predicted octanol–water partition coefficient (Wildman–Crippen LogP) is 3.82. The minimum absolute atomic E-state index is 0.168. The highest BCUT2D eigenvalue weighted by molar-refractivity contribution is 7.73. The zero-order valence-electron chi connectivity index (χ0n) is 10.9. The number of esters is 1. The van der Waals surface area contributed by atoms with Crippen LogP contribution in [0.5, 0.6) is 0 Å². The number of ether oxygens (including phenoxy) is 1. The SMILES string of the molecule is CCOC(=O)Cn1c(-c2ccccc2)c(C)sc1=S. The van der Waals surface area contributed by atoms with Crippen molar-refractivity contribution in [2.75, 3.05) is 6.61 Å². The zero-order valence-corrected chi connectivity index (χ0v) is 12.5. The van der Waals surface area contributed by atoms with Gasteiger partial charge in [0, 0.05) is 4.88 Å². The van der Waals surface area contributed by atoms with Gasteiger partial charge in [-0.25, -0.2) is 0 Å². The minimum atomic E-state index is -0.256. The van der Waals surface area contributed by atoms with E-state index < -0.39 is 0 Å². The molecule has 0 aliphatic rings. The van der Waals surface area contributed by atoms with Gasteiger partial charge in [0.1, 0.15) is 6.54 Å². The quantitative estimate of drug-likeness (QED) is 0.634. The first-order valence-electron chi connectivity index (χ1n) is 6.04. The average molecular weight is 293 g/mol. The molecule has 0 fully saturated rings. The van der Waals surface area contributed by atoms with Crippen LogP contribution in [-0.4, -0.2) is 17.1 Å². The van der Waals surface area contributed by atoms with Gasteiger partial charge in [0.15, 0.2) is 3.95 Å². The molecule has 0 aliphatic heterocycles. The van der Waals surface area contributed by atoms with E-state index in [1.807, 2.05) is 41.8 Å². The third-order valence-corrected chi connectivity index (χ3v) is 4.07. The van der Waals surface area contributed by atoms with Crippen LogP contribution in [0.2, 0.25) is 0 Å². The Bertz CT molecular complexity index is 629. The molecule has 2 aromatic rings. The molecule has 19 heavy (non-hydrogen) atoms. The number of nitrogens with zero attached hydrogens (tertiary/aromatic N) is 1. The van der Waals surface area contributed by atoms with Crippen LogP contribution in [0.1, 0.15) is 11.8 Å². The van der Waals surface area contributed by atoms with Gasteiger partial charge in [-0.1, -0.05) is 30.3 Å². The lowest BCUT2D eigenvalue weighted by Crippen LogP contribution is -2.14. The molecule has 0 amide bonds. The predicted molar refractivity (Wildman–Crippen MR) is 79.9 cm³/mol. The van der Waals surface area contributed by atoms with Gasteiger partial charge < -0.3 is 9.30 Å². The minimum Gasteiger partial charge on any atom is -0.465 e. The lowest BCUT2D eigenvalue weighted by molar-refractivity contribution is -0.143. The third-order valence-electron chi connectivity index (χ3n) is 2.70. The molecular weight excluding hydrogens is 278 g/mol. The van der Waals surface area contributed by atoms with E-state index >= 15 is 0 Å². The zero-order chi connectivity index (χ0) is 13.8. The lowest BCUT2D eigenvalue weighted by Gasteiger charge is -2.09. The third kappa shape index (κ3) is 3.11. The van der Waals surface area contributed by atoms with Gasteiger partial charge in [-0.15, -0.1) is 11.3 Å². The molecule has 0 atom stereocenters. The molecule has 5 heteroatoms. The molecular formula is C14H15NO2S2. The van der Waals surface area contributed by atoms with Crippen molar-refractivity contribution < 1.29 is 9.53 Å². The second-order valence-electron chi connectivity index (χ2n) is 4.03. The first kappa shape index (κ1) is 14.0.